The normalized spacial score (nSPS) is 17.2. The van der Waals surface area contributed by atoms with E-state index in [1.807, 2.05) is 24.3 Å². The van der Waals surface area contributed by atoms with Gasteiger partial charge in [0.1, 0.15) is 0 Å². The molecule has 5 nitrogen and oxygen atoms in total. The third-order valence-corrected chi connectivity index (χ3v) is 4.58. The number of nitrogens with zero attached hydrogens (tertiary/aromatic N) is 3. The summed E-state index contributed by atoms with van der Waals surface area (Å²) in [5.74, 6) is 0.786. The van der Waals surface area contributed by atoms with Crippen molar-refractivity contribution in [1.29, 1.82) is 0 Å². The maximum Gasteiger partial charge on any atom is 0.240 e. The molecule has 0 atom stereocenters. The van der Waals surface area contributed by atoms with Crippen molar-refractivity contribution in [1.82, 2.24) is 10.1 Å². The molecule has 2 aromatic rings. The molecule has 0 amide bonds. The molecule has 0 unspecified atom stereocenters. The molecule has 0 N–H and O–H groups in total. The summed E-state index contributed by atoms with van der Waals surface area (Å²) in [6, 6.07) is 7.61. The quantitative estimate of drug-likeness (QED) is 0.797. The van der Waals surface area contributed by atoms with Gasteiger partial charge < -0.3 is 5.21 Å². The number of aromatic nitrogens is 2. The minimum atomic E-state index is 0.505. The summed E-state index contributed by atoms with van der Waals surface area (Å²) >= 11 is 3.40. The van der Waals surface area contributed by atoms with Crippen molar-refractivity contribution in [3.8, 4) is 11.3 Å². The second kappa shape index (κ2) is 6.15. The minimum absolute atomic E-state index is 0.505. The zero-order valence-electron chi connectivity index (χ0n) is 12.0. The summed E-state index contributed by atoms with van der Waals surface area (Å²) in [6.07, 6.45) is 2.39. The van der Waals surface area contributed by atoms with Crippen LogP contribution >= 0.6 is 15.9 Å². The Kier molecular flexibility index (Phi) is 4.26. The van der Waals surface area contributed by atoms with E-state index in [0.29, 0.717) is 22.8 Å². The molecule has 0 saturated carbocycles. The fourth-order valence-corrected chi connectivity index (χ4v) is 2.96. The van der Waals surface area contributed by atoms with Gasteiger partial charge in [0.2, 0.25) is 11.4 Å². The minimum Gasteiger partial charge on any atom is -0.359 e. The number of halogens is 1. The topological polar surface area (TPSA) is 56.2 Å². The zero-order chi connectivity index (χ0) is 14.8. The molecule has 1 saturated heterocycles. The van der Waals surface area contributed by atoms with Crippen molar-refractivity contribution in [2.24, 2.45) is 5.92 Å². The van der Waals surface area contributed by atoms with Gasteiger partial charge in [0.25, 0.3) is 0 Å². The highest BCUT2D eigenvalue weighted by Gasteiger charge is 2.25. The van der Waals surface area contributed by atoms with Crippen LogP contribution in [0.15, 0.2) is 33.4 Å². The molecule has 6 heteroatoms. The predicted molar refractivity (Wildman–Crippen MR) is 82.3 cm³/mol. The van der Waals surface area contributed by atoms with Crippen LogP contribution in [0.5, 0.6) is 0 Å². The Labute approximate surface area is 132 Å². The standard InChI is InChI=1S/C15H18BrN3O2/c1-11-6-8-18(9-7-11)10-14-15(19(20)21-17-14)12-2-4-13(16)5-3-12/h2-5,11H,6-10H2,1H3. The van der Waals surface area contributed by atoms with Crippen LogP contribution in [0.4, 0.5) is 0 Å². The summed E-state index contributed by atoms with van der Waals surface area (Å²) in [5, 5.41) is 15.8. The van der Waals surface area contributed by atoms with Gasteiger partial charge in [-0.1, -0.05) is 22.9 Å². The molecule has 1 aromatic heterocycles. The van der Waals surface area contributed by atoms with Crippen molar-refractivity contribution >= 4 is 15.9 Å². The maximum atomic E-state index is 11.9. The van der Waals surface area contributed by atoms with Crippen molar-refractivity contribution in [3.63, 3.8) is 0 Å². The van der Waals surface area contributed by atoms with Crippen molar-refractivity contribution in [3.05, 3.63) is 39.6 Å². The average Bonchev–Trinajstić information content (AvgIpc) is 2.83. The van der Waals surface area contributed by atoms with Crippen LogP contribution in [0.25, 0.3) is 11.3 Å². The van der Waals surface area contributed by atoms with E-state index in [2.05, 4.69) is 32.9 Å². The van der Waals surface area contributed by atoms with Crippen LogP contribution in [0.3, 0.4) is 0 Å². The summed E-state index contributed by atoms with van der Waals surface area (Å²) in [7, 11) is 0. The van der Waals surface area contributed by atoms with Crippen molar-refractivity contribution in [2.45, 2.75) is 26.3 Å². The lowest BCUT2D eigenvalue weighted by molar-refractivity contribution is -0.793. The maximum absolute atomic E-state index is 11.9. The summed E-state index contributed by atoms with van der Waals surface area (Å²) < 4.78 is 5.79. The highest BCUT2D eigenvalue weighted by molar-refractivity contribution is 9.10. The molecule has 0 radical (unpaired) electrons. The second-order valence-corrected chi connectivity index (χ2v) is 6.61. The Bertz CT molecular complexity index is 604. The van der Waals surface area contributed by atoms with Gasteiger partial charge in [-0.3, -0.25) is 9.53 Å². The van der Waals surface area contributed by atoms with E-state index in [9.17, 15) is 5.21 Å². The summed E-state index contributed by atoms with van der Waals surface area (Å²) in [4.78, 5) is 2.84. The van der Waals surface area contributed by atoms with E-state index in [4.69, 9.17) is 4.63 Å². The van der Waals surface area contributed by atoms with Crippen LogP contribution in [0, 0.1) is 11.1 Å². The zero-order valence-corrected chi connectivity index (χ0v) is 13.5. The smallest absolute Gasteiger partial charge is 0.240 e. The molecule has 1 aliphatic rings. The number of benzene rings is 1. The number of rotatable bonds is 3. The third-order valence-electron chi connectivity index (χ3n) is 4.05. The Morgan fingerprint density at radius 3 is 2.67 bits per heavy atom. The van der Waals surface area contributed by atoms with Crippen LogP contribution in [-0.2, 0) is 6.54 Å². The van der Waals surface area contributed by atoms with Gasteiger partial charge in [-0.05, 0) is 61.0 Å². The monoisotopic (exact) mass is 351 g/mol. The first-order chi connectivity index (χ1) is 10.1. The number of piperidine rings is 1. The molecule has 1 fully saturated rings. The number of hydrogen-bond acceptors (Lipinski definition) is 4. The molecule has 3 rings (SSSR count). The van der Waals surface area contributed by atoms with E-state index in [0.717, 1.165) is 29.0 Å². The van der Waals surface area contributed by atoms with Crippen LogP contribution < -0.4 is 4.90 Å². The predicted octanol–water partition coefficient (Wildman–Crippen LogP) is 2.97. The highest BCUT2D eigenvalue weighted by Crippen LogP contribution is 2.24. The van der Waals surface area contributed by atoms with E-state index in [-0.39, 0.29) is 0 Å². The molecular formula is C15H18BrN3O2. The lowest BCUT2D eigenvalue weighted by atomic mass is 9.99. The SMILES string of the molecule is CC1CCN(Cc2no[n+]([O-])c2-c2ccc(Br)cc2)CC1. The van der Waals surface area contributed by atoms with Crippen molar-refractivity contribution in [2.75, 3.05) is 13.1 Å². The number of likely N-dealkylation sites (tertiary alicyclic amines) is 1. The van der Waals surface area contributed by atoms with Gasteiger partial charge in [0, 0.05) is 15.2 Å². The second-order valence-electron chi connectivity index (χ2n) is 5.69. The van der Waals surface area contributed by atoms with E-state index < -0.39 is 0 Å². The van der Waals surface area contributed by atoms with Gasteiger partial charge >= 0.3 is 0 Å². The summed E-state index contributed by atoms with van der Waals surface area (Å²) in [5.41, 5.74) is 2.05. The van der Waals surface area contributed by atoms with E-state index in [1.54, 1.807) is 0 Å². The molecule has 21 heavy (non-hydrogen) atoms. The Balaban J connectivity index is 1.82. The lowest BCUT2D eigenvalue weighted by Crippen LogP contribution is -2.33. The van der Waals surface area contributed by atoms with Crippen LogP contribution in [0.2, 0.25) is 0 Å². The molecule has 1 aromatic carbocycles. The first-order valence-corrected chi connectivity index (χ1v) is 7.99. The Morgan fingerprint density at radius 2 is 2.00 bits per heavy atom. The van der Waals surface area contributed by atoms with Gasteiger partial charge in [-0.2, -0.15) is 0 Å². The molecule has 0 aliphatic carbocycles. The highest BCUT2D eigenvalue weighted by atomic mass is 79.9. The average molecular weight is 352 g/mol. The van der Waals surface area contributed by atoms with Gasteiger partial charge in [-0.25, -0.2) is 0 Å². The van der Waals surface area contributed by atoms with Crippen molar-refractivity contribution < 1.29 is 9.53 Å². The fourth-order valence-electron chi connectivity index (χ4n) is 2.69. The van der Waals surface area contributed by atoms with Gasteiger partial charge in [0.05, 0.1) is 6.54 Å². The third kappa shape index (κ3) is 3.27. The van der Waals surface area contributed by atoms with E-state index >= 15 is 0 Å². The van der Waals surface area contributed by atoms with Crippen LogP contribution in [-0.4, -0.2) is 23.1 Å². The van der Waals surface area contributed by atoms with Gasteiger partial charge in [0.15, 0.2) is 0 Å². The molecule has 0 bridgehead atoms. The molecule has 112 valence electrons. The first kappa shape index (κ1) is 14.5. The molecule has 0 spiro atoms. The van der Waals surface area contributed by atoms with Gasteiger partial charge in [-0.15, -0.1) is 0 Å². The first-order valence-electron chi connectivity index (χ1n) is 7.20. The van der Waals surface area contributed by atoms with Crippen LogP contribution in [0.1, 0.15) is 25.5 Å². The lowest BCUT2D eigenvalue weighted by Gasteiger charge is -2.28. The fraction of sp³-hybridized carbons (Fsp3) is 0.467. The van der Waals surface area contributed by atoms with E-state index in [1.165, 1.54) is 12.8 Å². The largest absolute Gasteiger partial charge is 0.359 e. The Hall–Kier alpha value is -1.40. The summed E-state index contributed by atoms with van der Waals surface area (Å²) in [6.45, 7) is 5.04. The molecule has 2 heterocycles. The molecular weight excluding hydrogens is 334 g/mol. The molecule has 1 aliphatic heterocycles. The number of hydrogen-bond donors (Lipinski definition) is 0. The Morgan fingerprint density at radius 1 is 1.33 bits per heavy atom.